The lowest BCUT2D eigenvalue weighted by molar-refractivity contribution is 0.236. The highest BCUT2D eigenvalue weighted by Crippen LogP contribution is 2.23. The monoisotopic (exact) mass is 294 g/mol. The van der Waals surface area contributed by atoms with E-state index in [0.29, 0.717) is 5.56 Å². The van der Waals surface area contributed by atoms with Crippen LogP contribution in [0.5, 0.6) is 5.75 Å². The van der Waals surface area contributed by atoms with Crippen molar-refractivity contribution in [3.05, 3.63) is 29.8 Å². The topological polar surface area (TPSA) is 86.7 Å². The molecule has 0 amide bonds. The molecule has 8 heteroatoms. The van der Waals surface area contributed by atoms with E-state index in [1.54, 1.807) is 19.1 Å². The zero-order chi connectivity index (χ0) is 14.0. The Labute approximate surface area is 107 Å². The fraction of sp³-hybridized carbons (Fsp3) is 0.400. The van der Waals surface area contributed by atoms with Crippen molar-refractivity contribution in [2.45, 2.75) is 13.0 Å². The van der Waals surface area contributed by atoms with E-state index in [2.05, 4.69) is 4.18 Å². The fourth-order valence-corrected chi connectivity index (χ4v) is 2.40. The molecule has 0 unspecified atom stereocenters. The van der Waals surface area contributed by atoms with E-state index < -0.39 is 26.3 Å². The first-order chi connectivity index (χ1) is 8.07. The molecule has 1 aromatic carbocycles. The third kappa shape index (κ3) is 5.48. The molecule has 0 spiro atoms. The molecule has 0 aliphatic carbocycles. The third-order valence-corrected chi connectivity index (χ3v) is 3.03. The summed E-state index contributed by atoms with van der Waals surface area (Å²) in [4.78, 5) is 0. The Kier molecular flexibility index (Phi) is 4.36. The molecule has 0 aromatic heterocycles. The minimum absolute atomic E-state index is 0.110. The summed E-state index contributed by atoms with van der Waals surface area (Å²) in [5.41, 5.74) is 0.501. The van der Waals surface area contributed by atoms with Gasteiger partial charge in [0.15, 0.2) is 0 Å². The largest absolute Gasteiger partial charge is 0.383 e. The minimum atomic E-state index is -3.61. The van der Waals surface area contributed by atoms with Crippen molar-refractivity contribution in [2.24, 2.45) is 0 Å². The Morgan fingerprint density at radius 1 is 1.06 bits per heavy atom. The summed E-state index contributed by atoms with van der Waals surface area (Å²) >= 11 is 0. The molecule has 0 N–H and O–H groups in total. The van der Waals surface area contributed by atoms with Crippen LogP contribution in [0, 0.1) is 0 Å². The molecule has 1 atom stereocenters. The van der Waals surface area contributed by atoms with Crippen LogP contribution in [0.1, 0.15) is 18.6 Å². The zero-order valence-corrected chi connectivity index (χ0v) is 11.8. The Balaban J connectivity index is 2.95. The molecule has 102 valence electrons. The van der Waals surface area contributed by atoms with Crippen molar-refractivity contribution in [3.8, 4) is 5.75 Å². The normalized spacial score (nSPS) is 14.2. The highest BCUT2D eigenvalue weighted by atomic mass is 32.2. The third-order valence-electron chi connectivity index (χ3n) is 1.89. The molecule has 0 bridgehead atoms. The van der Waals surface area contributed by atoms with Crippen LogP contribution in [0.3, 0.4) is 0 Å². The van der Waals surface area contributed by atoms with Gasteiger partial charge in [-0.15, -0.1) is 0 Å². The second-order valence-electron chi connectivity index (χ2n) is 3.80. The molecule has 0 saturated heterocycles. The fourth-order valence-electron chi connectivity index (χ4n) is 1.31. The van der Waals surface area contributed by atoms with Crippen LogP contribution in [0.4, 0.5) is 0 Å². The van der Waals surface area contributed by atoms with Gasteiger partial charge in [0.1, 0.15) is 5.75 Å². The van der Waals surface area contributed by atoms with E-state index in [1.165, 1.54) is 12.1 Å². The molecule has 0 aliphatic rings. The molecule has 0 saturated carbocycles. The molecular formula is C10H14O6S2. The summed E-state index contributed by atoms with van der Waals surface area (Å²) in [5.74, 6) is 0.110. The van der Waals surface area contributed by atoms with Crippen molar-refractivity contribution in [2.75, 3.05) is 12.5 Å². The summed E-state index contributed by atoms with van der Waals surface area (Å²) < 4.78 is 53.3. The van der Waals surface area contributed by atoms with Crippen LogP contribution >= 0.6 is 0 Å². The highest BCUT2D eigenvalue weighted by molar-refractivity contribution is 7.86. The Hall–Kier alpha value is -1.12. The summed E-state index contributed by atoms with van der Waals surface area (Å²) in [6.45, 7) is 1.54. The van der Waals surface area contributed by atoms with E-state index in [1.807, 2.05) is 0 Å². The average molecular weight is 294 g/mol. The maximum atomic E-state index is 11.0. The minimum Gasteiger partial charge on any atom is -0.383 e. The van der Waals surface area contributed by atoms with E-state index in [9.17, 15) is 16.8 Å². The van der Waals surface area contributed by atoms with Gasteiger partial charge in [-0.2, -0.15) is 16.8 Å². The van der Waals surface area contributed by atoms with Gasteiger partial charge >= 0.3 is 10.1 Å². The lowest BCUT2D eigenvalue weighted by Crippen LogP contribution is -2.09. The molecule has 0 fully saturated rings. The first kappa shape index (κ1) is 14.9. The molecule has 0 aliphatic heterocycles. The zero-order valence-electron chi connectivity index (χ0n) is 10.2. The summed E-state index contributed by atoms with van der Waals surface area (Å²) in [6.07, 6.45) is 1.15. The van der Waals surface area contributed by atoms with Crippen LogP contribution in [0.15, 0.2) is 24.3 Å². The van der Waals surface area contributed by atoms with Crippen LogP contribution in [0.2, 0.25) is 0 Å². The van der Waals surface area contributed by atoms with Crippen molar-refractivity contribution in [3.63, 3.8) is 0 Å². The number of rotatable bonds is 5. The summed E-state index contributed by atoms with van der Waals surface area (Å²) in [5, 5.41) is 0. The molecule has 0 radical (unpaired) electrons. The lowest BCUT2D eigenvalue weighted by atomic mass is 10.1. The van der Waals surface area contributed by atoms with Crippen molar-refractivity contribution in [1.29, 1.82) is 0 Å². The van der Waals surface area contributed by atoms with Crippen molar-refractivity contribution < 1.29 is 25.2 Å². The predicted molar refractivity (Wildman–Crippen MR) is 66.3 cm³/mol. The van der Waals surface area contributed by atoms with Crippen LogP contribution < -0.4 is 4.18 Å². The van der Waals surface area contributed by atoms with E-state index in [0.717, 1.165) is 12.5 Å². The van der Waals surface area contributed by atoms with E-state index in [4.69, 9.17) is 4.18 Å². The average Bonchev–Trinajstić information content (AvgIpc) is 2.12. The van der Waals surface area contributed by atoms with Crippen molar-refractivity contribution >= 4 is 20.2 Å². The molecular weight excluding hydrogens is 280 g/mol. The molecule has 0 heterocycles. The van der Waals surface area contributed by atoms with Crippen LogP contribution in [0.25, 0.3) is 0 Å². The van der Waals surface area contributed by atoms with Gasteiger partial charge < -0.3 is 4.18 Å². The first-order valence-electron chi connectivity index (χ1n) is 4.94. The Morgan fingerprint density at radius 3 is 2.17 bits per heavy atom. The summed E-state index contributed by atoms with van der Waals surface area (Å²) in [7, 11) is -7.19. The number of hydrogen-bond acceptors (Lipinski definition) is 6. The SMILES string of the molecule is C[C@H](OS(C)(=O)=O)c1cccc(OS(C)(=O)=O)c1. The highest BCUT2D eigenvalue weighted by Gasteiger charge is 2.14. The lowest BCUT2D eigenvalue weighted by Gasteiger charge is -2.12. The van der Waals surface area contributed by atoms with Gasteiger partial charge in [-0.3, -0.25) is 4.18 Å². The predicted octanol–water partition coefficient (Wildman–Crippen LogP) is 1.06. The second kappa shape index (κ2) is 5.25. The second-order valence-corrected chi connectivity index (χ2v) is 6.98. The smallest absolute Gasteiger partial charge is 0.306 e. The number of hydrogen-bond donors (Lipinski definition) is 0. The summed E-state index contributed by atoms with van der Waals surface area (Å²) in [6, 6.07) is 6.04. The van der Waals surface area contributed by atoms with Crippen molar-refractivity contribution in [1.82, 2.24) is 0 Å². The van der Waals surface area contributed by atoms with E-state index in [-0.39, 0.29) is 5.75 Å². The first-order valence-corrected chi connectivity index (χ1v) is 8.58. The quantitative estimate of drug-likeness (QED) is 0.755. The van der Waals surface area contributed by atoms with Gasteiger partial charge in [0, 0.05) is 0 Å². The van der Waals surface area contributed by atoms with Crippen LogP contribution in [-0.2, 0) is 24.4 Å². The van der Waals surface area contributed by atoms with Gasteiger partial charge in [0.2, 0.25) is 0 Å². The molecule has 1 aromatic rings. The van der Waals surface area contributed by atoms with Gasteiger partial charge in [0.05, 0.1) is 18.6 Å². The van der Waals surface area contributed by atoms with Gasteiger partial charge in [-0.1, -0.05) is 12.1 Å². The maximum Gasteiger partial charge on any atom is 0.306 e. The number of benzene rings is 1. The van der Waals surface area contributed by atoms with E-state index >= 15 is 0 Å². The molecule has 18 heavy (non-hydrogen) atoms. The Morgan fingerprint density at radius 2 is 1.67 bits per heavy atom. The molecule has 1 rings (SSSR count). The standard InChI is InChI=1S/C10H14O6S2/c1-8(15-17(2,11)12)9-5-4-6-10(7-9)16-18(3,13)14/h4-8H,1-3H3/t8-/m0/s1. The van der Waals surface area contributed by atoms with Gasteiger partial charge in [-0.25, -0.2) is 0 Å². The molecule has 6 nitrogen and oxygen atoms in total. The Bertz CT molecular complexity index is 618. The van der Waals surface area contributed by atoms with Gasteiger partial charge in [-0.05, 0) is 24.6 Å². The van der Waals surface area contributed by atoms with Crippen LogP contribution in [-0.4, -0.2) is 29.3 Å². The van der Waals surface area contributed by atoms with Gasteiger partial charge in [0.25, 0.3) is 10.1 Å². The maximum absolute atomic E-state index is 11.0.